The minimum absolute atomic E-state index is 0.186. The Labute approximate surface area is 214 Å². The fraction of sp³-hybridized carbons (Fsp3) is 0.200. The van der Waals surface area contributed by atoms with Crippen LogP contribution in [0.25, 0.3) is 11.1 Å². The fourth-order valence-electron chi connectivity index (χ4n) is 4.57. The summed E-state index contributed by atoms with van der Waals surface area (Å²) in [7, 11) is -3.71. The van der Waals surface area contributed by atoms with Gasteiger partial charge in [0.05, 0.1) is 6.26 Å². The van der Waals surface area contributed by atoms with E-state index >= 15 is 0 Å². The molecule has 0 bridgehead atoms. The number of nitrogens with zero attached hydrogens (tertiary/aromatic N) is 3. The molecule has 2 heterocycles. The molecule has 0 spiro atoms. The second-order valence-corrected chi connectivity index (χ2v) is 10.9. The van der Waals surface area contributed by atoms with Crippen molar-refractivity contribution in [3.05, 3.63) is 87.9 Å². The summed E-state index contributed by atoms with van der Waals surface area (Å²) >= 11 is 12.5. The van der Waals surface area contributed by atoms with Gasteiger partial charge in [-0.05, 0) is 65.1 Å². The Morgan fingerprint density at radius 1 is 0.971 bits per heavy atom. The zero-order valence-electron chi connectivity index (χ0n) is 18.8. The van der Waals surface area contributed by atoms with Crippen LogP contribution >= 0.6 is 23.2 Å². The summed E-state index contributed by atoms with van der Waals surface area (Å²) in [5, 5.41) is 1.06. The lowest BCUT2D eigenvalue weighted by Crippen LogP contribution is -2.46. The van der Waals surface area contributed by atoms with Gasteiger partial charge in [-0.15, -0.1) is 0 Å². The normalized spacial score (nSPS) is 19.7. The third-order valence-corrected chi connectivity index (χ3v) is 6.85. The standard InChI is InChI=1S/C25H22Cl2N4O3S/c1-35(32,33)34-22-8-3-7-19(14-22)25(23-29-9-4-10-31(23)24(28)30-25)18-6-2-5-16(11-18)17-12-20(26)15-21(27)13-17/h2-3,5-8,11-15H,4,9-10H2,1H3,(H2,28,30). The molecule has 0 saturated carbocycles. The molecule has 0 amide bonds. The number of guanidine groups is 1. The molecule has 0 aliphatic carbocycles. The van der Waals surface area contributed by atoms with Gasteiger partial charge in [0.1, 0.15) is 11.6 Å². The lowest BCUT2D eigenvalue weighted by molar-refractivity contribution is 0.491. The van der Waals surface area contributed by atoms with Crippen LogP contribution in [-0.4, -0.2) is 44.5 Å². The van der Waals surface area contributed by atoms with Crippen LogP contribution in [0.4, 0.5) is 0 Å². The van der Waals surface area contributed by atoms with E-state index in [9.17, 15) is 8.42 Å². The molecule has 35 heavy (non-hydrogen) atoms. The first-order valence-electron chi connectivity index (χ1n) is 10.9. The molecular weight excluding hydrogens is 507 g/mol. The van der Waals surface area contributed by atoms with Crippen molar-refractivity contribution in [2.75, 3.05) is 19.3 Å². The Balaban J connectivity index is 1.73. The molecule has 2 aliphatic rings. The summed E-state index contributed by atoms with van der Waals surface area (Å²) in [6.45, 7) is 1.33. The number of hydrogen-bond donors (Lipinski definition) is 1. The monoisotopic (exact) mass is 528 g/mol. The minimum atomic E-state index is -3.71. The van der Waals surface area contributed by atoms with Crippen LogP contribution in [0, 0.1) is 0 Å². The summed E-state index contributed by atoms with van der Waals surface area (Å²) in [6, 6.07) is 20.1. The third-order valence-electron chi connectivity index (χ3n) is 5.92. The van der Waals surface area contributed by atoms with E-state index in [1.165, 1.54) is 0 Å². The first kappa shape index (κ1) is 23.7. The molecule has 10 heteroatoms. The van der Waals surface area contributed by atoms with Crippen molar-refractivity contribution >= 4 is 45.1 Å². The van der Waals surface area contributed by atoms with Gasteiger partial charge in [0.2, 0.25) is 0 Å². The van der Waals surface area contributed by atoms with Crippen molar-refractivity contribution in [1.82, 2.24) is 4.90 Å². The smallest absolute Gasteiger partial charge is 0.306 e. The van der Waals surface area contributed by atoms with Gasteiger partial charge >= 0.3 is 10.1 Å². The number of fused-ring (bicyclic) bond motifs is 1. The molecule has 180 valence electrons. The van der Waals surface area contributed by atoms with E-state index in [0.717, 1.165) is 29.4 Å². The number of hydrogen-bond acceptors (Lipinski definition) is 7. The predicted octanol–water partition coefficient (Wildman–Crippen LogP) is 4.67. The van der Waals surface area contributed by atoms with Crippen LogP contribution in [0.3, 0.4) is 0 Å². The van der Waals surface area contributed by atoms with Crippen LogP contribution in [-0.2, 0) is 15.7 Å². The summed E-state index contributed by atoms with van der Waals surface area (Å²) < 4.78 is 28.8. The first-order chi connectivity index (χ1) is 16.7. The molecule has 3 aromatic carbocycles. The second-order valence-electron chi connectivity index (χ2n) is 8.45. The van der Waals surface area contributed by atoms with Gasteiger partial charge in [-0.25, -0.2) is 4.99 Å². The molecular formula is C25H22Cl2N4O3S. The zero-order chi connectivity index (χ0) is 24.8. The number of rotatable bonds is 5. The Kier molecular flexibility index (Phi) is 5.99. The number of aliphatic imine (C=N–C) groups is 2. The van der Waals surface area contributed by atoms with Gasteiger partial charge in [0, 0.05) is 23.1 Å². The topological polar surface area (TPSA) is 97.3 Å². The third kappa shape index (κ3) is 4.49. The maximum absolute atomic E-state index is 11.8. The van der Waals surface area contributed by atoms with Gasteiger partial charge in [0.15, 0.2) is 11.5 Å². The summed E-state index contributed by atoms with van der Waals surface area (Å²) in [5.41, 5.74) is 8.56. The van der Waals surface area contributed by atoms with Crippen LogP contribution in [0.15, 0.2) is 76.7 Å². The molecule has 0 aromatic heterocycles. The molecule has 2 N–H and O–H groups in total. The molecule has 0 radical (unpaired) electrons. The quantitative estimate of drug-likeness (QED) is 0.485. The zero-order valence-corrected chi connectivity index (χ0v) is 21.1. The van der Waals surface area contributed by atoms with E-state index in [1.54, 1.807) is 24.3 Å². The Bertz CT molecular complexity index is 1470. The van der Waals surface area contributed by atoms with Crippen molar-refractivity contribution in [2.45, 2.75) is 12.0 Å². The molecule has 7 nitrogen and oxygen atoms in total. The Hall–Kier alpha value is -3.07. The molecule has 1 atom stereocenters. The lowest BCUT2D eigenvalue weighted by atomic mass is 9.81. The highest BCUT2D eigenvalue weighted by molar-refractivity contribution is 7.86. The van der Waals surface area contributed by atoms with E-state index in [0.29, 0.717) is 40.5 Å². The average molecular weight is 529 g/mol. The molecule has 0 saturated heterocycles. The van der Waals surface area contributed by atoms with E-state index in [1.807, 2.05) is 47.4 Å². The van der Waals surface area contributed by atoms with E-state index in [2.05, 4.69) is 0 Å². The van der Waals surface area contributed by atoms with Gasteiger partial charge < -0.3 is 9.92 Å². The predicted molar refractivity (Wildman–Crippen MR) is 140 cm³/mol. The summed E-state index contributed by atoms with van der Waals surface area (Å²) in [6.07, 6.45) is 1.86. The van der Waals surface area contributed by atoms with Crippen LogP contribution in [0.1, 0.15) is 17.5 Å². The van der Waals surface area contributed by atoms with Gasteiger partial charge in [-0.2, -0.15) is 8.42 Å². The summed E-state index contributed by atoms with van der Waals surface area (Å²) in [5.74, 6) is 1.24. The Morgan fingerprint density at radius 3 is 2.37 bits per heavy atom. The number of benzene rings is 3. The maximum Gasteiger partial charge on any atom is 0.306 e. The summed E-state index contributed by atoms with van der Waals surface area (Å²) in [4.78, 5) is 11.7. The Morgan fingerprint density at radius 2 is 1.66 bits per heavy atom. The van der Waals surface area contributed by atoms with Gasteiger partial charge in [-0.1, -0.05) is 53.5 Å². The van der Waals surface area contributed by atoms with Crippen molar-refractivity contribution < 1.29 is 12.6 Å². The van der Waals surface area contributed by atoms with E-state index in [4.69, 9.17) is 43.1 Å². The second kappa shape index (κ2) is 8.86. The van der Waals surface area contributed by atoms with E-state index < -0.39 is 15.7 Å². The molecule has 3 aromatic rings. The molecule has 5 rings (SSSR count). The first-order valence-corrected chi connectivity index (χ1v) is 13.5. The van der Waals surface area contributed by atoms with Crippen molar-refractivity contribution in [2.24, 2.45) is 15.7 Å². The highest BCUT2D eigenvalue weighted by Crippen LogP contribution is 2.43. The highest BCUT2D eigenvalue weighted by Gasteiger charge is 2.49. The van der Waals surface area contributed by atoms with Crippen molar-refractivity contribution in [3.8, 4) is 16.9 Å². The van der Waals surface area contributed by atoms with Crippen molar-refractivity contribution in [1.29, 1.82) is 0 Å². The number of amidine groups is 1. The van der Waals surface area contributed by atoms with Gasteiger partial charge in [0.25, 0.3) is 0 Å². The largest absolute Gasteiger partial charge is 0.383 e. The lowest BCUT2D eigenvalue weighted by Gasteiger charge is -2.33. The molecule has 1 unspecified atom stereocenters. The molecule has 2 aliphatic heterocycles. The highest BCUT2D eigenvalue weighted by atomic mass is 35.5. The van der Waals surface area contributed by atoms with Crippen molar-refractivity contribution in [3.63, 3.8) is 0 Å². The number of halogens is 2. The SMILES string of the molecule is CS(=O)(=O)Oc1cccc(C2(c3cccc(-c4cc(Cl)cc(Cl)c4)c3)N=C(N)N3CCCN=C32)c1. The van der Waals surface area contributed by atoms with Crippen LogP contribution in [0.5, 0.6) is 5.75 Å². The maximum atomic E-state index is 11.8. The van der Waals surface area contributed by atoms with Crippen LogP contribution < -0.4 is 9.92 Å². The van der Waals surface area contributed by atoms with E-state index in [-0.39, 0.29) is 5.75 Å². The van der Waals surface area contributed by atoms with Crippen LogP contribution in [0.2, 0.25) is 10.0 Å². The molecule has 0 fully saturated rings. The average Bonchev–Trinajstić information content (AvgIpc) is 3.11. The fourth-order valence-corrected chi connectivity index (χ4v) is 5.55. The van der Waals surface area contributed by atoms with Gasteiger partial charge in [-0.3, -0.25) is 9.89 Å². The minimum Gasteiger partial charge on any atom is -0.383 e. The number of nitrogens with two attached hydrogens (primary N) is 1.